The lowest BCUT2D eigenvalue weighted by atomic mass is 10.3. The molecule has 1 aromatic carbocycles. The number of carbonyl (C=O) groups is 1. The molecular formula is C16H25ClN3O3PS3. The van der Waals surface area contributed by atoms with Gasteiger partial charge in [0, 0.05) is 17.2 Å². The molecule has 27 heavy (non-hydrogen) atoms. The minimum Gasteiger partial charge on any atom is -0.452 e. The van der Waals surface area contributed by atoms with Crippen LogP contribution in [0, 0.1) is 0 Å². The third kappa shape index (κ3) is 8.62. The number of benzene rings is 1. The molecule has 1 amide bonds. The Morgan fingerprint density at radius 3 is 2.56 bits per heavy atom. The number of nitrogens with one attached hydrogen (secondary N) is 1. The van der Waals surface area contributed by atoms with Crippen molar-refractivity contribution in [2.75, 3.05) is 18.3 Å². The maximum absolute atomic E-state index is 11.7. The zero-order chi connectivity index (χ0) is 20.4. The fraction of sp³-hybridized carbons (Fsp3) is 0.500. The number of hydrogen-bond donors (Lipinski definition) is 1. The molecule has 0 fully saturated rings. The summed E-state index contributed by atoms with van der Waals surface area (Å²) in [7, 11) is 0. The van der Waals surface area contributed by atoms with E-state index < -0.39 is 12.5 Å². The van der Waals surface area contributed by atoms with Gasteiger partial charge in [-0.25, -0.2) is 4.79 Å². The highest BCUT2D eigenvalue weighted by molar-refractivity contribution is 8.17. The van der Waals surface area contributed by atoms with Crippen molar-refractivity contribution in [1.82, 2.24) is 9.39 Å². The molecule has 11 heteroatoms. The minimum absolute atomic E-state index is 0.127. The van der Waals surface area contributed by atoms with E-state index in [1.54, 1.807) is 19.1 Å². The molecule has 152 valence electrons. The molecule has 0 heterocycles. The van der Waals surface area contributed by atoms with E-state index in [2.05, 4.69) is 10.5 Å². The van der Waals surface area contributed by atoms with Crippen molar-refractivity contribution in [2.24, 2.45) is 5.16 Å². The molecule has 0 bridgehead atoms. The summed E-state index contributed by atoms with van der Waals surface area (Å²) in [6, 6.07) is 7.29. The van der Waals surface area contributed by atoms with E-state index in [-0.39, 0.29) is 6.04 Å². The Morgan fingerprint density at radius 1 is 1.41 bits per heavy atom. The summed E-state index contributed by atoms with van der Waals surface area (Å²) in [5.74, 6) is 0.984. The predicted octanol–water partition coefficient (Wildman–Crippen LogP) is 5.79. The maximum atomic E-state index is 11.7. The topological polar surface area (TPSA) is 63.2 Å². The van der Waals surface area contributed by atoms with Gasteiger partial charge in [-0.15, -0.1) is 11.8 Å². The van der Waals surface area contributed by atoms with Gasteiger partial charge in [0.25, 0.3) is 0 Å². The van der Waals surface area contributed by atoms with Gasteiger partial charge in [-0.05, 0) is 75.0 Å². The van der Waals surface area contributed by atoms with Crippen molar-refractivity contribution < 1.29 is 14.2 Å². The van der Waals surface area contributed by atoms with Crippen LogP contribution in [0.1, 0.15) is 27.7 Å². The Bertz CT molecular complexity index is 689. The van der Waals surface area contributed by atoms with Gasteiger partial charge in [0.15, 0.2) is 6.42 Å². The van der Waals surface area contributed by atoms with Crippen LogP contribution in [0.2, 0.25) is 5.02 Å². The molecule has 1 atom stereocenters. The predicted molar refractivity (Wildman–Crippen MR) is 123 cm³/mol. The average molecular weight is 470 g/mol. The molecule has 0 aliphatic carbocycles. The first-order chi connectivity index (χ1) is 12.7. The third-order valence-corrected chi connectivity index (χ3v) is 10.4. The fourth-order valence-electron chi connectivity index (χ4n) is 1.83. The normalized spacial score (nSPS) is 14.1. The van der Waals surface area contributed by atoms with Gasteiger partial charge in [0.05, 0.1) is 5.88 Å². The van der Waals surface area contributed by atoms with E-state index >= 15 is 0 Å². The third-order valence-electron chi connectivity index (χ3n) is 3.17. The summed E-state index contributed by atoms with van der Waals surface area (Å²) in [6.45, 7) is 7.85. The van der Waals surface area contributed by atoms with E-state index in [1.165, 1.54) is 23.7 Å². The molecule has 1 unspecified atom stereocenters. The second-order valence-electron chi connectivity index (χ2n) is 5.54. The number of halogens is 1. The molecule has 0 saturated carbocycles. The highest BCUT2D eigenvalue weighted by atomic mass is 35.5. The summed E-state index contributed by atoms with van der Waals surface area (Å²) in [5.41, 5.74) is 0. The lowest BCUT2D eigenvalue weighted by Gasteiger charge is -2.35. The van der Waals surface area contributed by atoms with Crippen molar-refractivity contribution in [3.8, 4) is 5.75 Å². The first-order valence-corrected chi connectivity index (χ1v) is 13.6. The van der Waals surface area contributed by atoms with Gasteiger partial charge < -0.3 is 9.84 Å². The van der Waals surface area contributed by atoms with Crippen LogP contribution in [0.4, 0.5) is 4.79 Å². The van der Waals surface area contributed by atoms with Crippen molar-refractivity contribution in [2.45, 2.75) is 33.7 Å². The Balaban J connectivity index is 2.72. The van der Waals surface area contributed by atoms with Crippen LogP contribution in [0.15, 0.2) is 29.4 Å². The van der Waals surface area contributed by atoms with Crippen LogP contribution >= 0.6 is 41.7 Å². The Hall–Kier alpha value is -0.440. The van der Waals surface area contributed by atoms with Gasteiger partial charge in [-0.2, -0.15) is 4.08 Å². The molecule has 6 nitrogen and oxygen atoms in total. The number of carbonyl (C=O) groups excluding carboxylic acids is 1. The standard InChI is InChI=1S/C16H25ClN3O3PS3/c1-6-24(25,23-15-9-7-14(17)8-10-15)20(12(2)3)27-11-18-16(21)22-19-13(4)26-5/h7-10,12H,6,11H2,1-5H3,(H,18,21). The fourth-order valence-corrected chi connectivity index (χ4v) is 6.89. The molecule has 0 aliphatic rings. The van der Waals surface area contributed by atoms with Gasteiger partial charge in [0.1, 0.15) is 10.8 Å². The quantitative estimate of drug-likeness (QED) is 0.0934. The van der Waals surface area contributed by atoms with Crippen LogP contribution in [0.3, 0.4) is 0 Å². The average Bonchev–Trinajstić information content (AvgIpc) is 2.64. The van der Waals surface area contributed by atoms with Crippen LogP contribution < -0.4 is 9.84 Å². The number of rotatable bonds is 9. The molecule has 0 saturated heterocycles. The van der Waals surface area contributed by atoms with Crippen molar-refractivity contribution in [3.05, 3.63) is 29.3 Å². The number of amides is 1. The summed E-state index contributed by atoms with van der Waals surface area (Å²) < 4.78 is 8.23. The largest absolute Gasteiger partial charge is 0.452 e. The first kappa shape index (κ1) is 24.6. The van der Waals surface area contributed by atoms with E-state index in [0.717, 1.165) is 0 Å². The summed E-state index contributed by atoms with van der Waals surface area (Å²) in [6.07, 6.45) is -0.410. The van der Waals surface area contributed by atoms with Crippen LogP contribution in [-0.4, -0.2) is 39.5 Å². The molecular weight excluding hydrogens is 445 g/mol. The van der Waals surface area contributed by atoms with Gasteiger partial charge in [-0.1, -0.05) is 23.7 Å². The lowest BCUT2D eigenvalue weighted by molar-refractivity contribution is 0.153. The molecule has 0 aliphatic heterocycles. The summed E-state index contributed by atoms with van der Waals surface area (Å²) in [4.78, 5) is 16.5. The molecule has 0 aromatic heterocycles. The second-order valence-corrected chi connectivity index (χ2v) is 12.4. The minimum atomic E-state index is -2.34. The number of oxime groups is 1. The maximum Gasteiger partial charge on any atom is 0.434 e. The number of hydrogen-bond acceptors (Lipinski definition) is 7. The SMILES string of the molecule is CCP(=S)(Oc1ccc(Cl)cc1)N(SCNC(=O)ON=C(C)SC)C(C)C. The Labute approximate surface area is 180 Å². The van der Waals surface area contributed by atoms with E-state index in [4.69, 9.17) is 32.8 Å². The van der Waals surface area contributed by atoms with Crippen LogP contribution in [0.5, 0.6) is 5.75 Å². The van der Waals surface area contributed by atoms with Gasteiger partial charge in [0.2, 0.25) is 0 Å². The van der Waals surface area contributed by atoms with E-state index in [1.807, 2.05) is 43.2 Å². The van der Waals surface area contributed by atoms with Crippen LogP contribution in [-0.2, 0) is 16.6 Å². The number of nitrogens with zero attached hydrogens (tertiary/aromatic N) is 2. The zero-order valence-electron chi connectivity index (χ0n) is 16.0. The van der Waals surface area contributed by atoms with E-state index in [9.17, 15) is 4.79 Å². The van der Waals surface area contributed by atoms with E-state index in [0.29, 0.717) is 27.9 Å². The molecule has 1 rings (SSSR count). The molecule has 1 aromatic rings. The lowest BCUT2D eigenvalue weighted by Crippen LogP contribution is -2.29. The van der Waals surface area contributed by atoms with Crippen molar-refractivity contribution >= 4 is 64.7 Å². The molecule has 0 spiro atoms. The summed E-state index contributed by atoms with van der Waals surface area (Å²) >= 11 is 14.6. The Morgan fingerprint density at radius 2 is 2.04 bits per heavy atom. The zero-order valence-corrected chi connectivity index (χ0v) is 20.1. The van der Waals surface area contributed by atoms with Crippen molar-refractivity contribution in [1.29, 1.82) is 0 Å². The smallest absolute Gasteiger partial charge is 0.434 e. The number of thioether (sulfide) groups is 1. The highest BCUT2D eigenvalue weighted by Crippen LogP contribution is 2.55. The monoisotopic (exact) mass is 469 g/mol. The van der Waals surface area contributed by atoms with Crippen LogP contribution in [0.25, 0.3) is 0 Å². The molecule has 0 radical (unpaired) electrons. The van der Waals surface area contributed by atoms with Gasteiger partial charge in [-0.3, -0.25) is 4.84 Å². The highest BCUT2D eigenvalue weighted by Gasteiger charge is 2.30. The molecule has 1 N–H and O–H groups in total. The first-order valence-electron chi connectivity index (χ1n) is 8.22. The van der Waals surface area contributed by atoms with Crippen molar-refractivity contribution in [3.63, 3.8) is 0 Å². The summed E-state index contributed by atoms with van der Waals surface area (Å²) in [5, 5.41) is 7.67. The van der Waals surface area contributed by atoms with Gasteiger partial charge >= 0.3 is 6.09 Å². The second kappa shape index (κ2) is 12.2. The Kier molecular flexibility index (Phi) is 11.1.